The third-order valence-corrected chi connectivity index (χ3v) is 3.85. The summed E-state index contributed by atoms with van der Waals surface area (Å²) in [7, 11) is 1.65. The maximum absolute atomic E-state index is 12.5. The summed E-state index contributed by atoms with van der Waals surface area (Å²) in [4.78, 5) is 5.26. The number of guanidine groups is 1. The van der Waals surface area contributed by atoms with Gasteiger partial charge >= 0.3 is 6.18 Å². The summed E-state index contributed by atoms with van der Waals surface area (Å²) < 4.78 is 37.4. The van der Waals surface area contributed by atoms with Crippen LogP contribution >= 0.6 is 11.3 Å². The fraction of sp³-hybridized carbons (Fsp3) is 0.267. The highest BCUT2D eigenvalue weighted by atomic mass is 32.1. The molecule has 0 amide bonds. The van der Waals surface area contributed by atoms with Crippen LogP contribution in [0.2, 0.25) is 0 Å². The highest BCUT2D eigenvalue weighted by Gasteiger charge is 2.29. The van der Waals surface area contributed by atoms with E-state index >= 15 is 0 Å². The highest BCUT2D eigenvalue weighted by Crippen LogP contribution is 2.28. The van der Waals surface area contributed by atoms with Crippen LogP contribution in [0.15, 0.2) is 46.8 Å². The molecule has 0 fully saturated rings. The van der Waals surface area contributed by atoms with Crippen molar-refractivity contribution in [2.75, 3.05) is 7.05 Å². The number of aliphatic imine (C=N–C) groups is 1. The van der Waals surface area contributed by atoms with Crippen LogP contribution < -0.4 is 10.6 Å². The molecular weight excluding hydrogens is 311 g/mol. The van der Waals surface area contributed by atoms with Gasteiger partial charge < -0.3 is 10.6 Å². The molecule has 0 unspecified atom stereocenters. The van der Waals surface area contributed by atoms with E-state index < -0.39 is 11.7 Å². The molecule has 0 saturated heterocycles. The second kappa shape index (κ2) is 7.31. The fourth-order valence-electron chi connectivity index (χ4n) is 1.80. The summed E-state index contributed by atoms with van der Waals surface area (Å²) in [5.74, 6) is 0.605. The number of benzene rings is 1. The zero-order chi connectivity index (χ0) is 16.0. The van der Waals surface area contributed by atoms with Gasteiger partial charge in [0.2, 0.25) is 0 Å². The van der Waals surface area contributed by atoms with Crippen molar-refractivity contribution in [1.29, 1.82) is 0 Å². The van der Waals surface area contributed by atoms with Gasteiger partial charge in [0.25, 0.3) is 0 Å². The highest BCUT2D eigenvalue weighted by molar-refractivity contribution is 7.09. The van der Waals surface area contributed by atoms with E-state index in [1.807, 2.05) is 17.5 Å². The van der Waals surface area contributed by atoms with Crippen molar-refractivity contribution in [1.82, 2.24) is 10.6 Å². The molecule has 0 aliphatic heterocycles. The smallest absolute Gasteiger partial charge is 0.352 e. The fourth-order valence-corrected chi connectivity index (χ4v) is 2.45. The van der Waals surface area contributed by atoms with Crippen molar-refractivity contribution in [3.63, 3.8) is 0 Å². The zero-order valence-electron chi connectivity index (χ0n) is 11.9. The average molecular weight is 327 g/mol. The minimum Gasteiger partial charge on any atom is -0.352 e. The molecule has 7 heteroatoms. The Balaban J connectivity index is 1.85. The molecule has 2 rings (SSSR count). The first-order valence-electron chi connectivity index (χ1n) is 6.62. The number of hydrogen-bond donors (Lipinski definition) is 2. The maximum atomic E-state index is 12.5. The van der Waals surface area contributed by atoms with Crippen LogP contribution in [0, 0.1) is 0 Å². The van der Waals surface area contributed by atoms with Crippen LogP contribution in [0.1, 0.15) is 16.0 Å². The Kier molecular flexibility index (Phi) is 5.43. The van der Waals surface area contributed by atoms with Gasteiger partial charge in [-0.05, 0) is 29.1 Å². The van der Waals surface area contributed by atoms with Crippen molar-refractivity contribution in [3.8, 4) is 0 Å². The molecule has 22 heavy (non-hydrogen) atoms. The summed E-state index contributed by atoms with van der Waals surface area (Å²) in [6, 6.07) is 9.07. The molecule has 0 spiro atoms. The van der Waals surface area contributed by atoms with Crippen LogP contribution in [0.25, 0.3) is 0 Å². The van der Waals surface area contributed by atoms with Gasteiger partial charge in [0.05, 0.1) is 12.1 Å². The van der Waals surface area contributed by atoms with E-state index in [9.17, 15) is 13.2 Å². The van der Waals surface area contributed by atoms with Crippen LogP contribution in [-0.2, 0) is 19.3 Å². The second-order valence-corrected chi connectivity index (χ2v) is 5.59. The number of rotatable bonds is 4. The second-order valence-electron chi connectivity index (χ2n) is 4.55. The van der Waals surface area contributed by atoms with E-state index in [1.165, 1.54) is 17.0 Å². The summed E-state index contributed by atoms with van der Waals surface area (Å²) in [5, 5.41) is 8.21. The molecule has 0 aliphatic carbocycles. The number of nitrogens with zero attached hydrogens (tertiary/aromatic N) is 1. The van der Waals surface area contributed by atoms with Crippen LogP contribution in [0.4, 0.5) is 13.2 Å². The molecule has 0 saturated carbocycles. The lowest BCUT2D eigenvalue weighted by atomic mass is 10.1. The maximum Gasteiger partial charge on any atom is 0.416 e. The van der Waals surface area contributed by atoms with Gasteiger partial charge in [0, 0.05) is 18.5 Å². The number of alkyl halides is 3. The molecule has 3 nitrogen and oxygen atoms in total. The van der Waals surface area contributed by atoms with Gasteiger partial charge in [0.15, 0.2) is 5.96 Å². The Hall–Kier alpha value is -2.02. The van der Waals surface area contributed by atoms with Gasteiger partial charge in [-0.2, -0.15) is 13.2 Å². The lowest BCUT2D eigenvalue weighted by Gasteiger charge is -2.12. The first kappa shape index (κ1) is 16.4. The molecule has 2 aromatic rings. The first-order chi connectivity index (χ1) is 10.5. The number of nitrogens with one attached hydrogen (secondary N) is 2. The molecular formula is C15H16F3N3S. The number of halogens is 3. The Morgan fingerprint density at radius 2 is 1.77 bits per heavy atom. The van der Waals surface area contributed by atoms with Crippen molar-refractivity contribution < 1.29 is 13.2 Å². The van der Waals surface area contributed by atoms with Crippen LogP contribution in [-0.4, -0.2) is 13.0 Å². The molecule has 1 aromatic heterocycles. The van der Waals surface area contributed by atoms with Crippen molar-refractivity contribution in [2.45, 2.75) is 19.3 Å². The van der Waals surface area contributed by atoms with Crippen LogP contribution in [0.5, 0.6) is 0 Å². The summed E-state index contributed by atoms with van der Waals surface area (Å²) in [6.07, 6.45) is -4.30. The van der Waals surface area contributed by atoms with Gasteiger partial charge in [-0.1, -0.05) is 18.2 Å². The third kappa shape index (κ3) is 4.77. The molecule has 0 atom stereocenters. The minimum absolute atomic E-state index is 0.405. The molecule has 2 N–H and O–H groups in total. The Labute approximate surface area is 130 Å². The van der Waals surface area contributed by atoms with Crippen molar-refractivity contribution in [3.05, 3.63) is 57.8 Å². The summed E-state index contributed by atoms with van der Waals surface area (Å²) in [5.41, 5.74) is 0.114. The SMILES string of the molecule is CN=C(NCc1ccc(C(F)(F)F)cc1)NCc1cccs1. The summed E-state index contributed by atoms with van der Waals surface area (Å²) >= 11 is 1.64. The molecule has 0 aliphatic rings. The van der Waals surface area contributed by atoms with E-state index in [2.05, 4.69) is 15.6 Å². The van der Waals surface area contributed by atoms with Gasteiger partial charge in [-0.3, -0.25) is 4.99 Å². The topological polar surface area (TPSA) is 36.4 Å². The molecule has 0 bridgehead atoms. The van der Waals surface area contributed by atoms with Gasteiger partial charge in [0.1, 0.15) is 0 Å². The Morgan fingerprint density at radius 1 is 1.09 bits per heavy atom. The normalized spacial score (nSPS) is 12.3. The molecule has 118 valence electrons. The monoisotopic (exact) mass is 327 g/mol. The standard InChI is InChI=1S/C15H16F3N3S/c1-19-14(21-10-13-3-2-8-22-13)20-9-11-4-6-12(7-5-11)15(16,17)18/h2-8H,9-10H2,1H3,(H2,19,20,21). The minimum atomic E-state index is -4.30. The van der Waals surface area contributed by atoms with Crippen molar-refractivity contribution >= 4 is 17.3 Å². The summed E-state index contributed by atoms with van der Waals surface area (Å²) in [6.45, 7) is 1.06. The van der Waals surface area contributed by atoms with Gasteiger partial charge in [-0.15, -0.1) is 11.3 Å². The Bertz CT molecular complexity index is 604. The Morgan fingerprint density at radius 3 is 2.32 bits per heavy atom. The molecule has 1 aromatic carbocycles. The van der Waals surface area contributed by atoms with E-state index in [4.69, 9.17) is 0 Å². The quantitative estimate of drug-likeness (QED) is 0.664. The van der Waals surface area contributed by atoms with Crippen molar-refractivity contribution in [2.24, 2.45) is 4.99 Å². The van der Waals surface area contributed by atoms with E-state index in [1.54, 1.807) is 18.4 Å². The van der Waals surface area contributed by atoms with Crippen LogP contribution in [0.3, 0.4) is 0 Å². The first-order valence-corrected chi connectivity index (χ1v) is 7.50. The third-order valence-electron chi connectivity index (χ3n) is 2.97. The molecule has 1 heterocycles. The predicted molar refractivity (Wildman–Crippen MR) is 82.8 cm³/mol. The van der Waals surface area contributed by atoms with E-state index in [0.29, 0.717) is 19.0 Å². The average Bonchev–Trinajstić information content (AvgIpc) is 3.00. The van der Waals surface area contributed by atoms with E-state index in [0.717, 1.165) is 17.7 Å². The molecule has 0 radical (unpaired) electrons. The predicted octanol–water partition coefficient (Wildman–Crippen LogP) is 3.63. The number of hydrogen-bond acceptors (Lipinski definition) is 2. The largest absolute Gasteiger partial charge is 0.416 e. The lowest BCUT2D eigenvalue weighted by Crippen LogP contribution is -2.36. The number of thiophene rings is 1. The lowest BCUT2D eigenvalue weighted by molar-refractivity contribution is -0.137. The van der Waals surface area contributed by atoms with Gasteiger partial charge in [-0.25, -0.2) is 0 Å². The van der Waals surface area contributed by atoms with E-state index in [-0.39, 0.29) is 0 Å². The zero-order valence-corrected chi connectivity index (χ0v) is 12.8.